The van der Waals surface area contributed by atoms with Crippen LogP contribution < -0.4 is 15.0 Å². The standard InChI is InChI=1S/C25H24F2N6O2/c1-31-10-12-32(13-11-31)20-7-6-16(26)14-18(20)30-25(34)19-15-33-9-8-28-24(33)23(29-19)22-17(27)4-3-5-21(22)35-2/h3-9,14-15H,10-13H2,1-2H3,(H,30,34). The first-order chi connectivity index (χ1) is 16.9. The second kappa shape index (κ2) is 9.30. The zero-order valence-corrected chi connectivity index (χ0v) is 19.3. The molecule has 10 heteroatoms. The van der Waals surface area contributed by atoms with Crippen molar-refractivity contribution in [2.75, 3.05) is 50.6 Å². The second-order valence-corrected chi connectivity index (χ2v) is 8.36. The number of nitrogens with zero attached hydrogens (tertiary/aromatic N) is 5. The summed E-state index contributed by atoms with van der Waals surface area (Å²) in [5.74, 6) is -1.31. The molecule has 5 rings (SSSR count). The topological polar surface area (TPSA) is 75.0 Å². The number of hydrogen-bond donors (Lipinski definition) is 1. The highest BCUT2D eigenvalue weighted by Gasteiger charge is 2.23. The van der Waals surface area contributed by atoms with E-state index in [0.29, 0.717) is 11.3 Å². The van der Waals surface area contributed by atoms with Crippen LogP contribution in [-0.4, -0.2) is 65.5 Å². The lowest BCUT2D eigenvalue weighted by atomic mass is 10.1. The molecule has 0 spiro atoms. The van der Waals surface area contributed by atoms with Gasteiger partial charge in [-0.05, 0) is 37.4 Å². The zero-order valence-electron chi connectivity index (χ0n) is 19.3. The molecular formula is C25H24F2N6O2. The van der Waals surface area contributed by atoms with E-state index in [9.17, 15) is 13.6 Å². The van der Waals surface area contributed by atoms with Gasteiger partial charge in [0.15, 0.2) is 5.65 Å². The lowest BCUT2D eigenvalue weighted by molar-refractivity contribution is 0.102. The van der Waals surface area contributed by atoms with E-state index in [1.165, 1.54) is 43.8 Å². The Labute approximate surface area is 200 Å². The van der Waals surface area contributed by atoms with Crippen LogP contribution in [0.25, 0.3) is 16.9 Å². The molecule has 4 aromatic rings. The normalized spacial score (nSPS) is 14.3. The molecule has 0 unspecified atom stereocenters. The summed E-state index contributed by atoms with van der Waals surface area (Å²) in [5, 5.41) is 2.80. The van der Waals surface area contributed by atoms with E-state index in [4.69, 9.17) is 4.74 Å². The monoisotopic (exact) mass is 478 g/mol. The molecule has 8 nitrogen and oxygen atoms in total. The second-order valence-electron chi connectivity index (χ2n) is 8.36. The highest BCUT2D eigenvalue weighted by molar-refractivity contribution is 6.05. The Hall–Kier alpha value is -4.05. The minimum Gasteiger partial charge on any atom is -0.496 e. The number of nitrogens with one attached hydrogen (secondary N) is 1. The molecular weight excluding hydrogens is 454 g/mol. The molecule has 1 amide bonds. The van der Waals surface area contributed by atoms with Crippen LogP contribution in [0.5, 0.6) is 5.75 Å². The molecule has 3 heterocycles. The van der Waals surface area contributed by atoms with Gasteiger partial charge in [-0.25, -0.2) is 18.7 Å². The Kier molecular flexibility index (Phi) is 6.04. The van der Waals surface area contributed by atoms with Crippen LogP contribution in [0.2, 0.25) is 0 Å². The third-order valence-electron chi connectivity index (χ3n) is 6.09. The number of carbonyl (C=O) groups excluding carboxylic acids is 1. The Balaban J connectivity index is 1.54. The van der Waals surface area contributed by atoms with Crippen LogP contribution >= 0.6 is 0 Å². The summed E-state index contributed by atoms with van der Waals surface area (Å²) in [6, 6.07) is 8.77. The number of hydrogen-bond acceptors (Lipinski definition) is 6. The van der Waals surface area contributed by atoms with Crippen LogP contribution in [0.1, 0.15) is 10.5 Å². The number of rotatable bonds is 5. The van der Waals surface area contributed by atoms with Crippen LogP contribution in [0.3, 0.4) is 0 Å². The molecule has 1 saturated heterocycles. The predicted molar refractivity (Wildman–Crippen MR) is 129 cm³/mol. The number of likely N-dealkylation sites (N-methyl/N-ethyl adjacent to an activating group) is 1. The van der Waals surface area contributed by atoms with E-state index in [1.54, 1.807) is 22.7 Å². The number of anilines is 2. The van der Waals surface area contributed by atoms with Gasteiger partial charge in [0.05, 0.1) is 24.0 Å². The molecule has 180 valence electrons. The van der Waals surface area contributed by atoms with Crippen molar-refractivity contribution in [2.24, 2.45) is 0 Å². The number of benzene rings is 2. The molecule has 0 bridgehead atoms. The maximum absolute atomic E-state index is 14.9. The minimum absolute atomic E-state index is 0.0180. The number of aromatic nitrogens is 3. The van der Waals surface area contributed by atoms with Gasteiger partial charge in [-0.2, -0.15) is 0 Å². The fourth-order valence-electron chi connectivity index (χ4n) is 4.23. The van der Waals surface area contributed by atoms with E-state index in [0.717, 1.165) is 31.9 Å². The lowest BCUT2D eigenvalue weighted by Gasteiger charge is -2.35. The summed E-state index contributed by atoms with van der Waals surface area (Å²) < 4.78 is 35.9. The molecule has 1 fully saturated rings. The zero-order chi connectivity index (χ0) is 24.5. The van der Waals surface area contributed by atoms with Crippen molar-refractivity contribution < 1.29 is 18.3 Å². The molecule has 0 radical (unpaired) electrons. The number of imidazole rings is 1. The predicted octanol–water partition coefficient (Wildman–Crippen LogP) is 3.69. The van der Waals surface area contributed by atoms with Crippen molar-refractivity contribution >= 4 is 22.9 Å². The van der Waals surface area contributed by atoms with Gasteiger partial charge in [0.1, 0.15) is 28.8 Å². The number of methoxy groups -OCH3 is 1. The summed E-state index contributed by atoms with van der Waals surface area (Å²) in [4.78, 5) is 26.4. The van der Waals surface area contributed by atoms with Gasteiger partial charge in [-0.3, -0.25) is 4.79 Å². The summed E-state index contributed by atoms with van der Waals surface area (Å²) in [6.07, 6.45) is 4.68. The Bertz CT molecular complexity index is 1400. The average Bonchev–Trinajstić information content (AvgIpc) is 3.33. The number of carbonyl (C=O) groups is 1. The summed E-state index contributed by atoms with van der Waals surface area (Å²) in [6.45, 7) is 3.22. The van der Waals surface area contributed by atoms with E-state index < -0.39 is 17.5 Å². The van der Waals surface area contributed by atoms with Gasteiger partial charge in [0.25, 0.3) is 5.91 Å². The quantitative estimate of drug-likeness (QED) is 0.472. The van der Waals surface area contributed by atoms with Gasteiger partial charge in [-0.1, -0.05) is 6.07 Å². The highest BCUT2D eigenvalue weighted by Crippen LogP contribution is 2.34. The third-order valence-corrected chi connectivity index (χ3v) is 6.09. The Morgan fingerprint density at radius 1 is 1.11 bits per heavy atom. The molecule has 1 N–H and O–H groups in total. The average molecular weight is 479 g/mol. The van der Waals surface area contributed by atoms with E-state index in [2.05, 4.69) is 25.1 Å². The number of amides is 1. The largest absolute Gasteiger partial charge is 0.496 e. The number of halogens is 2. The first-order valence-electron chi connectivity index (χ1n) is 11.2. The van der Waals surface area contributed by atoms with Gasteiger partial charge in [0, 0.05) is 44.8 Å². The maximum Gasteiger partial charge on any atom is 0.275 e. The van der Waals surface area contributed by atoms with Crippen molar-refractivity contribution in [1.29, 1.82) is 0 Å². The first-order valence-corrected chi connectivity index (χ1v) is 11.2. The fourth-order valence-corrected chi connectivity index (χ4v) is 4.23. The van der Waals surface area contributed by atoms with Crippen molar-refractivity contribution in [3.63, 3.8) is 0 Å². The summed E-state index contributed by atoms with van der Waals surface area (Å²) in [5.41, 5.74) is 1.73. The summed E-state index contributed by atoms with van der Waals surface area (Å²) >= 11 is 0. The highest BCUT2D eigenvalue weighted by atomic mass is 19.1. The third kappa shape index (κ3) is 4.40. The minimum atomic E-state index is -0.557. The van der Waals surface area contributed by atoms with Crippen LogP contribution in [-0.2, 0) is 0 Å². The Morgan fingerprint density at radius 3 is 2.69 bits per heavy atom. The van der Waals surface area contributed by atoms with Crippen molar-refractivity contribution in [3.05, 3.63) is 72.3 Å². The van der Waals surface area contributed by atoms with Gasteiger partial charge in [-0.15, -0.1) is 0 Å². The molecule has 35 heavy (non-hydrogen) atoms. The first kappa shape index (κ1) is 22.7. The van der Waals surface area contributed by atoms with E-state index >= 15 is 0 Å². The van der Waals surface area contributed by atoms with E-state index in [-0.39, 0.29) is 22.7 Å². The maximum atomic E-state index is 14.9. The van der Waals surface area contributed by atoms with E-state index in [1.807, 2.05) is 7.05 Å². The number of ether oxygens (including phenoxy) is 1. The molecule has 1 aliphatic rings. The van der Waals surface area contributed by atoms with Crippen molar-refractivity contribution in [3.8, 4) is 17.0 Å². The van der Waals surface area contributed by atoms with Crippen molar-refractivity contribution in [1.82, 2.24) is 19.3 Å². The number of fused-ring (bicyclic) bond motifs is 1. The summed E-state index contributed by atoms with van der Waals surface area (Å²) in [7, 11) is 3.48. The van der Waals surface area contributed by atoms with Crippen molar-refractivity contribution in [2.45, 2.75) is 0 Å². The lowest BCUT2D eigenvalue weighted by Crippen LogP contribution is -2.44. The molecule has 1 aliphatic heterocycles. The van der Waals surface area contributed by atoms with Crippen LogP contribution in [0.4, 0.5) is 20.2 Å². The smallest absolute Gasteiger partial charge is 0.275 e. The fraction of sp³-hybridized carbons (Fsp3) is 0.240. The van der Waals surface area contributed by atoms with Gasteiger partial charge >= 0.3 is 0 Å². The van der Waals surface area contributed by atoms with Crippen LogP contribution in [0.15, 0.2) is 55.0 Å². The Morgan fingerprint density at radius 2 is 1.91 bits per heavy atom. The van der Waals surface area contributed by atoms with Crippen LogP contribution in [0, 0.1) is 11.6 Å². The molecule has 0 saturated carbocycles. The van der Waals surface area contributed by atoms with Gasteiger partial charge in [0.2, 0.25) is 0 Å². The molecule has 0 aliphatic carbocycles. The number of piperazine rings is 1. The SMILES string of the molecule is COc1cccc(F)c1-c1nc(C(=O)Nc2cc(F)ccc2N2CCN(C)CC2)cn2ccnc12. The van der Waals surface area contributed by atoms with Gasteiger partial charge < -0.3 is 24.3 Å². The molecule has 0 atom stereocenters. The molecule has 2 aromatic carbocycles. The molecule has 2 aromatic heterocycles.